The van der Waals surface area contributed by atoms with E-state index in [4.69, 9.17) is 32.7 Å². The van der Waals surface area contributed by atoms with Crippen LogP contribution in [0, 0.1) is 0 Å². The van der Waals surface area contributed by atoms with Crippen molar-refractivity contribution in [2.45, 2.75) is 6.61 Å². The zero-order chi connectivity index (χ0) is 23.5. The number of carbonyl (C=O) groups excluding carboxylic acids is 2. The highest BCUT2D eigenvalue weighted by atomic mass is 79.9. The molecule has 2 amide bonds. The van der Waals surface area contributed by atoms with Crippen molar-refractivity contribution in [1.29, 1.82) is 0 Å². The smallest absolute Gasteiger partial charge is 0.298 e. The minimum atomic E-state index is -0.416. The largest absolute Gasteiger partial charge is 0.493 e. The normalized spacial score (nSPS) is 14.8. The predicted molar refractivity (Wildman–Crippen MR) is 136 cm³/mol. The molecule has 0 aliphatic carbocycles. The third-order valence-electron chi connectivity index (χ3n) is 4.74. The molecule has 0 atom stereocenters. The standard InChI is InChI=1S/C24H16BrCl2NO4S/c1-31-20-9-15(19(25)12-21(20)32-13-14-5-7-16(26)8-6-14)10-22-23(29)28(24(30)33-22)18-4-2-3-17(27)11-18/h2-12H,13H2,1H3/b22-10+. The third-order valence-corrected chi connectivity index (χ3v) is 6.78. The average Bonchev–Trinajstić information content (AvgIpc) is 3.07. The lowest BCUT2D eigenvalue weighted by Crippen LogP contribution is -2.27. The van der Waals surface area contributed by atoms with E-state index in [-0.39, 0.29) is 10.1 Å². The summed E-state index contributed by atoms with van der Waals surface area (Å²) in [5.74, 6) is 0.609. The molecule has 1 fully saturated rings. The van der Waals surface area contributed by atoms with Gasteiger partial charge in [-0.25, -0.2) is 4.90 Å². The van der Waals surface area contributed by atoms with Crippen LogP contribution in [0.1, 0.15) is 11.1 Å². The number of halogens is 3. The molecule has 0 unspecified atom stereocenters. The number of imide groups is 1. The lowest BCUT2D eigenvalue weighted by Gasteiger charge is -2.13. The van der Waals surface area contributed by atoms with Gasteiger partial charge in [0, 0.05) is 14.5 Å². The molecule has 0 aromatic heterocycles. The van der Waals surface area contributed by atoms with E-state index in [1.54, 1.807) is 54.6 Å². The van der Waals surface area contributed by atoms with Gasteiger partial charge in [-0.05, 0) is 71.4 Å². The molecule has 1 saturated heterocycles. The van der Waals surface area contributed by atoms with Gasteiger partial charge in [0.25, 0.3) is 11.1 Å². The molecule has 3 aromatic rings. The molecule has 33 heavy (non-hydrogen) atoms. The van der Waals surface area contributed by atoms with E-state index in [1.165, 1.54) is 7.11 Å². The van der Waals surface area contributed by atoms with Gasteiger partial charge in [0.2, 0.25) is 0 Å². The molecule has 3 aromatic carbocycles. The van der Waals surface area contributed by atoms with Gasteiger partial charge in [0.1, 0.15) is 6.61 Å². The van der Waals surface area contributed by atoms with Crippen LogP contribution in [0.15, 0.2) is 70.0 Å². The summed E-state index contributed by atoms with van der Waals surface area (Å²) in [6.45, 7) is 0.331. The number of anilines is 1. The van der Waals surface area contributed by atoms with Crippen molar-refractivity contribution in [3.63, 3.8) is 0 Å². The Balaban J connectivity index is 1.58. The molecule has 0 radical (unpaired) electrons. The van der Waals surface area contributed by atoms with Crippen molar-refractivity contribution in [1.82, 2.24) is 0 Å². The maximum atomic E-state index is 12.9. The predicted octanol–water partition coefficient (Wildman–Crippen LogP) is 7.58. The molecule has 9 heteroatoms. The van der Waals surface area contributed by atoms with Crippen LogP contribution in [0.2, 0.25) is 10.0 Å². The molecule has 4 rings (SSSR count). The maximum Gasteiger partial charge on any atom is 0.298 e. The van der Waals surface area contributed by atoms with Gasteiger partial charge in [-0.2, -0.15) is 0 Å². The van der Waals surface area contributed by atoms with Crippen LogP contribution in [0.5, 0.6) is 11.5 Å². The first-order valence-electron chi connectivity index (χ1n) is 9.64. The Hall–Kier alpha value is -2.45. The summed E-state index contributed by atoms with van der Waals surface area (Å²) in [6, 6.07) is 17.5. The summed E-state index contributed by atoms with van der Waals surface area (Å²) in [5.41, 5.74) is 2.05. The van der Waals surface area contributed by atoms with Crippen LogP contribution in [0.25, 0.3) is 6.08 Å². The van der Waals surface area contributed by atoms with Gasteiger partial charge in [0.05, 0.1) is 17.7 Å². The van der Waals surface area contributed by atoms with E-state index in [1.807, 2.05) is 12.1 Å². The summed E-state index contributed by atoms with van der Waals surface area (Å²) < 4.78 is 12.1. The van der Waals surface area contributed by atoms with E-state index in [9.17, 15) is 9.59 Å². The van der Waals surface area contributed by atoms with Crippen LogP contribution < -0.4 is 14.4 Å². The van der Waals surface area contributed by atoms with Crippen molar-refractivity contribution in [3.05, 3.63) is 91.2 Å². The van der Waals surface area contributed by atoms with E-state index < -0.39 is 5.91 Å². The molecular formula is C24H16BrCl2NO4S. The first-order valence-corrected chi connectivity index (χ1v) is 12.0. The molecule has 0 N–H and O–H groups in total. The number of hydrogen-bond donors (Lipinski definition) is 0. The van der Waals surface area contributed by atoms with Crippen LogP contribution in [-0.2, 0) is 11.4 Å². The number of hydrogen-bond acceptors (Lipinski definition) is 5. The number of rotatable bonds is 6. The second kappa shape index (κ2) is 10.2. The first-order chi connectivity index (χ1) is 15.9. The third kappa shape index (κ3) is 5.38. The zero-order valence-corrected chi connectivity index (χ0v) is 21.1. The molecule has 5 nitrogen and oxygen atoms in total. The van der Waals surface area contributed by atoms with Gasteiger partial charge < -0.3 is 9.47 Å². The van der Waals surface area contributed by atoms with E-state index >= 15 is 0 Å². The fourth-order valence-electron chi connectivity index (χ4n) is 3.12. The highest BCUT2D eigenvalue weighted by Gasteiger charge is 2.36. The van der Waals surface area contributed by atoms with Gasteiger partial charge in [-0.15, -0.1) is 0 Å². The van der Waals surface area contributed by atoms with E-state index in [2.05, 4.69) is 15.9 Å². The Labute approximate surface area is 213 Å². The van der Waals surface area contributed by atoms with Crippen LogP contribution in [0.4, 0.5) is 10.5 Å². The lowest BCUT2D eigenvalue weighted by atomic mass is 10.1. The number of methoxy groups -OCH3 is 1. The van der Waals surface area contributed by atoms with E-state index in [0.29, 0.717) is 43.9 Å². The van der Waals surface area contributed by atoms with Gasteiger partial charge in [0.15, 0.2) is 11.5 Å². The average molecular weight is 565 g/mol. The second-order valence-electron chi connectivity index (χ2n) is 6.94. The Kier molecular flexibility index (Phi) is 7.34. The van der Waals surface area contributed by atoms with E-state index in [0.717, 1.165) is 22.2 Å². The minimum Gasteiger partial charge on any atom is -0.493 e. The fourth-order valence-corrected chi connectivity index (χ4v) is 4.70. The Morgan fingerprint density at radius 2 is 1.76 bits per heavy atom. The zero-order valence-electron chi connectivity index (χ0n) is 17.2. The number of amides is 2. The molecule has 1 aliphatic heterocycles. The van der Waals surface area contributed by atoms with Crippen molar-refractivity contribution in [2.24, 2.45) is 0 Å². The molecule has 1 heterocycles. The molecule has 1 aliphatic rings. The number of ether oxygens (including phenoxy) is 2. The number of carbonyl (C=O) groups is 2. The summed E-state index contributed by atoms with van der Waals surface area (Å²) in [7, 11) is 1.54. The summed E-state index contributed by atoms with van der Waals surface area (Å²) in [6.07, 6.45) is 1.64. The van der Waals surface area contributed by atoms with Crippen LogP contribution in [0.3, 0.4) is 0 Å². The second-order valence-corrected chi connectivity index (χ2v) is 9.66. The topological polar surface area (TPSA) is 55.8 Å². The SMILES string of the molecule is COc1cc(/C=C2/SC(=O)N(c3cccc(Cl)c3)C2=O)c(Br)cc1OCc1ccc(Cl)cc1. The Morgan fingerprint density at radius 1 is 1.00 bits per heavy atom. The first kappa shape index (κ1) is 23.7. The molecule has 0 saturated carbocycles. The van der Waals surface area contributed by atoms with Crippen LogP contribution in [-0.4, -0.2) is 18.3 Å². The summed E-state index contributed by atoms with van der Waals surface area (Å²) in [4.78, 5) is 26.9. The Bertz CT molecular complexity index is 1260. The van der Waals surface area contributed by atoms with Crippen molar-refractivity contribution >= 4 is 73.8 Å². The number of benzene rings is 3. The highest BCUT2D eigenvalue weighted by Crippen LogP contribution is 2.40. The van der Waals surface area contributed by atoms with Crippen molar-refractivity contribution in [2.75, 3.05) is 12.0 Å². The molecular weight excluding hydrogens is 549 g/mol. The van der Waals surface area contributed by atoms with Gasteiger partial charge in [-0.3, -0.25) is 9.59 Å². The summed E-state index contributed by atoms with van der Waals surface area (Å²) in [5, 5.41) is 0.708. The highest BCUT2D eigenvalue weighted by molar-refractivity contribution is 9.10. The Morgan fingerprint density at radius 3 is 2.45 bits per heavy atom. The van der Waals surface area contributed by atoms with Crippen molar-refractivity contribution in [3.8, 4) is 11.5 Å². The maximum absolute atomic E-state index is 12.9. The minimum absolute atomic E-state index is 0.289. The number of thioether (sulfide) groups is 1. The van der Waals surface area contributed by atoms with Crippen molar-refractivity contribution < 1.29 is 19.1 Å². The monoisotopic (exact) mass is 563 g/mol. The molecule has 0 spiro atoms. The lowest BCUT2D eigenvalue weighted by molar-refractivity contribution is -0.113. The van der Waals surface area contributed by atoms with Crippen LogP contribution >= 0.6 is 50.9 Å². The van der Waals surface area contributed by atoms with Gasteiger partial charge in [-0.1, -0.05) is 57.3 Å². The summed E-state index contributed by atoms with van der Waals surface area (Å²) >= 11 is 16.3. The van der Waals surface area contributed by atoms with Gasteiger partial charge >= 0.3 is 0 Å². The fraction of sp³-hybridized carbons (Fsp3) is 0.0833. The number of nitrogens with zero attached hydrogens (tertiary/aromatic N) is 1. The molecule has 0 bridgehead atoms. The quantitative estimate of drug-likeness (QED) is 0.289. The molecule has 168 valence electrons.